The first-order chi connectivity index (χ1) is 9.15. The molecule has 0 aromatic carbocycles. The molecule has 19 heavy (non-hydrogen) atoms. The smallest absolute Gasteiger partial charge is 0.141 e. The minimum absolute atomic E-state index is 0.322. The molecule has 0 aliphatic carbocycles. The Balaban J connectivity index is 0.000000861. The van der Waals surface area contributed by atoms with Crippen LogP contribution >= 0.6 is 0 Å². The number of rotatable bonds is 3. The van der Waals surface area contributed by atoms with E-state index in [4.69, 9.17) is 0 Å². The Labute approximate surface area is 113 Å². The summed E-state index contributed by atoms with van der Waals surface area (Å²) in [6, 6.07) is 5.38. The van der Waals surface area contributed by atoms with Gasteiger partial charge in [-0.15, -0.1) is 0 Å². The molecule has 2 heterocycles. The predicted molar refractivity (Wildman–Crippen MR) is 76.6 cm³/mol. The van der Waals surface area contributed by atoms with Crippen molar-refractivity contribution in [3.8, 4) is 0 Å². The van der Waals surface area contributed by atoms with Crippen LogP contribution in [0.25, 0.3) is 0 Å². The van der Waals surface area contributed by atoms with Crippen LogP contribution in [0.15, 0.2) is 30.6 Å². The standard InChI is InChI=1S/C13H14FN3.C2H6/c1-9-3-4-13(17-10(9)2)16-7-11-5-12(14)8-15-6-11;1-2/h3-6,8H,7H2,1-2H3,(H,16,17);1-2H3. The lowest BCUT2D eigenvalue weighted by molar-refractivity contribution is 0.619. The first-order valence-electron chi connectivity index (χ1n) is 6.43. The molecule has 3 nitrogen and oxygen atoms in total. The van der Waals surface area contributed by atoms with Crippen molar-refractivity contribution in [2.24, 2.45) is 0 Å². The van der Waals surface area contributed by atoms with Crippen molar-refractivity contribution in [2.75, 3.05) is 5.32 Å². The van der Waals surface area contributed by atoms with Crippen molar-refractivity contribution in [3.05, 3.63) is 53.2 Å². The van der Waals surface area contributed by atoms with Gasteiger partial charge in [0.15, 0.2) is 0 Å². The number of hydrogen-bond donors (Lipinski definition) is 1. The van der Waals surface area contributed by atoms with Gasteiger partial charge in [-0.1, -0.05) is 19.9 Å². The Morgan fingerprint density at radius 2 is 1.89 bits per heavy atom. The Morgan fingerprint density at radius 3 is 2.53 bits per heavy atom. The molecule has 4 heteroatoms. The van der Waals surface area contributed by atoms with E-state index in [2.05, 4.69) is 15.3 Å². The number of nitrogens with one attached hydrogen (secondary N) is 1. The lowest BCUT2D eigenvalue weighted by atomic mass is 10.2. The predicted octanol–water partition coefficient (Wildman–Crippen LogP) is 3.87. The van der Waals surface area contributed by atoms with E-state index in [0.29, 0.717) is 6.54 Å². The highest BCUT2D eigenvalue weighted by molar-refractivity contribution is 5.38. The molecule has 0 aliphatic rings. The summed E-state index contributed by atoms with van der Waals surface area (Å²) in [6.07, 6.45) is 2.83. The normalized spacial score (nSPS) is 9.53. The zero-order valence-corrected chi connectivity index (χ0v) is 11.9. The van der Waals surface area contributed by atoms with Crippen LogP contribution in [0.2, 0.25) is 0 Å². The summed E-state index contributed by atoms with van der Waals surface area (Å²) in [5.74, 6) is 0.467. The lowest BCUT2D eigenvalue weighted by Gasteiger charge is -2.07. The molecule has 0 saturated carbocycles. The molecule has 0 atom stereocenters. The van der Waals surface area contributed by atoms with Gasteiger partial charge in [0, 0.05) is 18.4 Å². The van der Waals surface area contributed by atoms with Crippen LogP contribution in [0.1, 0.15) is 30.7 Å². The third kappa shape index (κ3) is 4.66. The van der Waals surface area contributed by atoms with Crippen LogP contribution in [0, 0.1) is 19.7 Å². The van der Waals surface area contributed by atoms with Crippen LogP contribution in [0.5, 0.6) is 0 Å². The summed E-state index contributed by atoms with van der Waals surface area (Å²) >= 11 is 0. The van der Waals surface area contributed by atoms with Gasteiger partial charge in [-0.25, -0.2) is 9.37 Å². The topological polar surface area (TPSA) is 37.8 Å². The van der Waals surface area contributed by atoms with Gasteiger partial charge in [0.1, 0.15) is 11.6 Å². The molecule has 0 fully saturated rings. The molecule has 0 unspecified atom stereocenters. The van der Waals surface area contributed by atoms with E-state index in [0.717, 1.165) is 22.6 Å². The van der Waals surface area contributed by atoms with Crippen LogP contribution in [0.4, 0.5) is 10.2 Å². The molecule has 0 radical (unpaired) electrons. The van der Waals surface area contributed by atoms with Gasteiger partial charge in [-0.2, -0.15) is 0 Å². The second-order valence-electron chi connectivity index (χ2n) is 3.96. The van der Waals surface area contributed by atoms with E-state index in [1.807, 2.05) is 39.8 Å². The Hall–Kier alpha value is -1.97. The average molecular weight is 261 g/mol. The number of hydrogen-bond acceptors (Lipinski definition) is 3. The fourth-order valence-electron chi connectivity index (χ4n) is 1.47. The molecule has 102 valence electrons. The Morgan fingerprint density at radius 1 is 1.16 bits per heavy atom. The molecule has 2 aromatic rings. The van der Waals surface area contributed by atoms with Gasteiger partial charge in [0.25, 0.3) is 0 Å². The van der Waals surface area contributed by atoms with E-state index in [1.54, 1.807) is 6.20 Å². The van der Waals surface area contributed by atoms with E-state index in [-0.39, 0.29) is 5.82 Å². The summed E-state index contributed by atoms with van der Waals surface area (Å²) in [7, 11) is 0. The maximum absolute atomic E-state index is 12.9. The highest BCUT2D eigenvalue weighted by Crippen LogP contribution is 2.10. The maximum atomic E-state index is 12.9. The molecule has 0 amide bonds. The Bertz CT molecular complexity index is 527. The molecule has 1 N–H and O–H groups in total. The van der Waals surface area contributed by atoms with Crippen molar-refractivity contribution in [2.45, 2.75) is 34.2 Å². The third-order valence-electron chi connectivity index (χ3n) is 2.59. The van der Waals surface area contributed by atoms with E-state index >= 15 is 0 Å². The zero-order valence-electron chi connectivity index (χ0n) is 11.9. The van der Waals surface area contributed by atoms with Gasteiger partial charge < -0.3 is 5.32 Å². The number of nitrogens with zero attached hydrogens (tertiary/aromatic N) is 2. The van der Waals surface area contributed by atoms with E-state index in [1.165, 1.54) is 12.3 Å². The van der Waals surface area contributed by atoms with E-state index in [9.17, 15) is 4.39 Å². The molecular weight excluding hydrogens is 241 g/mol. The maximum Gasteiger partial charge on any atom is 0.141 e. The number of aromatic nitrogens is 2. The average Bonchev–Trinajstić information content (AvgIpc) is 2.43. The molecular formula is C15H20FN3. The largest absolute Gasteiger partial charge is 0.366 e. The summed E-state index contributed by atoms with van der Waals surface area (Å²) in [5.41, 5.74) is 2.94. The van der Waals surface area contributed by atoms with Crippen molar-refractivity contribution in [1.82, 2.24) is 9.97 Å². The van der Waals surface area contributed by atoms with E-state index < -0.39 is 0 Å². The summed E-state index contributed by atoms with van der Waals surface area (Å²) in [4.78, 5) is 8.18. The van der Waals surface area contributed by atoms with Crippen molar-refractivity contribution >= 4 is 5.82 Å². The minimum Gasteiger partial charge on any atom is -0.366 e. The number of pyridine rings is 2. The summed E-state index contributed by atoms with van der Waals surface area (Å²) in [6.45, 7) is 8.49. The second kappa shape index (κ2) is 7.46. The fourth-order valence-corrected chi connectivity index (χ4v) is 1.47. The SMILES string of the molecule is CC.Cc1ccc(NCc2cncc(F)c2)nc1C. The number of anilines is 1. The number of halogens is 1. The molecule has 0 bridgehead atoms. The highest BCUT2D eigenvalue weighted by Gasteiger charge is 1.99. The van der Waals surface area contributed by atoms with Crippen LogP contribution in [-0.2, 0) is 6.54 Å². The van der Waals surface area contributed by atoms with Crippen molar-refractivity contribution in [1.29, 1.82) is 0 Å². The van der Waals surface area contributed by atoms with Crippen LogP contribution in [0.3, 0.4) is 0 Å². The molecule has 0 aliphatic heterocycles. The molecule has 2 aromatic heterocycles. The van der Waals surface area contributed by atoms with Crippen LogP contribution in [-0.4, -0.2) is 9.97 Å². The summed E-state index contributed by atoms with van der Waals surface area (Å²) < 4.78 is 12.9. The minimum atomic E-state index is -0.322. The quantitative estimate of drug-likeness (QED) is 0.911. The monoisotopic (exact) mass is 261 g/mol. The zero-order chi connectivity index (χ0) is 14.3. The van der Waals surface area contributed by atoms with Crippen LogP contribution < -0.4 is 5.32 Å². The highest BCUT2D eigenvalue weighted by atomic mass is 19.1. The van der Waals surface area contributed by atoms with Gasteiger partial charge in [-0.3, -0.25) is 4.98 Å². The summed E-state index contributed by atoms with van der Waals surface area (Å²) in [5, 5.41) is 3.14. The number of aryl methyl sites for hydroxylation is 2. The lowest BCUT2D eigenvalue weighted by Crippen LogP contribution is -2.03. The molecule has 0 spiro atoms. The third-order valence-corrected chi connectivity index (χ3v) is 2.59. The van der Waals surface area contributed by atoms with Crippen molar-refractivity contribution < 1.29 is 4.39 Å². The van der Waals surface area contributed by atoms with Crippen molar-refractivity contribution in [3.63, 3.8) is 0 Å². The molecule has 0 saturated heterocycles. The first kappa shape index (κ1) is 15.1. The fraction of sp³-hybridized carbons (Fsp3) is 0.333. The van der Waals surface area contributed by atoms with Gasteiger partial charge in [0.2, 0.25) is 0 Å². The molecule has 2 rings (SSSR count). The first-order valence-corrected chi connectivity index (χ1v) is 6.43. The van der Waals surface area contributed by atoms with Gasteiger partial charge >= 0.3 is 0 Å². The Kier molecular flexibility index (Phi) is 5.93. The van der Waals surface area contributed by atoms with Gasteiger partial charge in [-0.05, 0) is 37.1 Å². The second-order valence-corrected chi connectivity index (χ2v) is 3.96. The van der Waals surface area contributed by atoms with Gasteiger partial charge in [0.05, 0.1) is 6.20 Å².